The van der Waals surface area contributed by atoms with Crippen molar-refractivity contribution in [1.82, 2.24) is 0 Å². The van der Waals surface area contributed by atoms with Crippen LogP contribution in [0.5, 0.6) is 0 Å². The molecule has 0 bridgehead atoms. The SMILES string of the molecule is C[C@]12C[C@]1(I)C2. The van der Waals surface area contributed by atoms with Crippen LogP contribution in [0.15, 0.2) is 0 Å². The molecule has 0 aliphatic heterocycles. The van der Waals surface area contributed by atoms with Gasteiger partial charge in [0.15, 0.2) is 0 Å². The van der Waals surface area contributed by atoms with Gasteiger partial charge in [-0.3, -0.25) is 0 Å². The highest BCUT2D eigenvalue weighted by atomic mass is 127. The summed E-state index contributed by atoms with van der Waals surface area (Å²) in [6.45, 7) is 2.37. The van der Waals surface area contributed by atoms with E-state index in [2.05, 4.69) is 29.5 Å². The molecule has 0 N–H and O–H groups in total. The summed E-state index contributed by atoms with van der Waals surface area (Å²) in [4.78, 5) is 0. The van der Waals surface area contributed by atoms with E-state index < -0.39 is 0 Å². The van der Waals surface area contributed by atoms with Gasteiger partial charge in [0.25, 0.3) is 0 Å². The number of alkyl halides is 1. The van der Waals surface area contributed by atoms with Crippen LogP contribution in [-0.2, 0) is 0 Å². The third-order valence-electron chi connectivity index (χ3n) is 2.17. The summed E-state index contributed by atoms with van der Waals surface area (Å²) in [6, 6.07) is 0. The largest absolute Gasteiger partial charge is 0.0782 e. The quantitative estimate of drug-likeness (QED) is 0.408. The Morgan fingerprint density at radius 3 is 1.67 bits per heavy atom. The number of rotatable bonds is 0. The van der Waals surface area contributed by atoms with Gasteiger partial charge in [-0.1, -0.05) is 29.5 Å². The molecular weight excluding hydrogens is 187 g/mol. The van der Waals surface area contributed by atoms with Gasteiger partial charge in [0, 0.05) is 3.42 Å². The van der Waals surface area contributed by atoms with Crippen molar-refractivity contribution in [2.75, 3.05) is 0 Å². The van der Waals surface area contributed by atoms with Crippen molar-refractivity contribution in [3.8, 4) is 0 Å². The zero-order chi connectivity index (χ0) is 4.41. The van der Waals surface area contributed by atoms with E-state index in [0.717, 1.165) is 8.84 Å². The van der Waals surface area contributed by atoms with Crippen LogP contribution in [0.25, 0.3) is 0 Å². The van der Waals surface area contributed by atoms with Gasteiger partial charge < -0.3 is 0 Å². The van der Waals surface area contributed by atoms with Crippen molar-refractivity contribution in [2.24, 2.45) is 5.41 Å². The summed E-state index contributed by atoms with van der Waals surface area (Å²) in [5.74, 6) is 0. The topological polar surface area (TPSA) is 0 Å². The predicted molar refractivity (Wildman–Crippen MR) is 34.1 cm³/mol. The number of halogens is 1. The molecule has 0 aromatic rings. The summed E-state index contributed by atoms with van der Waals surface area (Å²) >= 11 is 2.58. The summed E-state index contributed by atoms with van der Waals surface area (Å²) in [7, 11) is 0. The van der Waals surface area contributed by atoms with Crippen LogP contribution < -0.4 is 0 Å². The van der Waals surface area contributed by atoms with Crippen molar-refractivity contribution < 1.29 is 0 Å². The van der Waals surface area contributed by atoms with Gasteiger partial charge in [-0.2, -0.15) is 0 Å². The van der Waals surface area contributed by atoms with Gasteiger partial charge in [-0.05, 0) is 18.3 Å². The van der Waals surface area contributed by atoms with Crippen LogP contribution in [0.3, 0.4) is 0 Å². The highest BCUT2D eigenvalue weighted by Gasteiger charge is 2.78. The fourth-order valence-electron chi connectivity index (χ4n) is 1.10. The molecule has 0 aromatic heterocycles. The fraction of sp³-hybridized carbons (Fsp3) is 1.00. The molecule has 0 saturated heterocycles. The molecule has 1 heteroatoms. The summed E-state index contributed by atoms with van der Waals surface area (Å²) < 4.78 is 0.824. The van der Waals surface area contributed by atoms with Crippen LogP contribution in [0.2, 0.25) is 0 Å². The van der Waals surface area contributed by atoms with Gasteiger partial charge >= 0.3 is 0 Å². The number of hydrogen-bond donors (Lipinski definition) is 0. The molecule has 34 valence electrons. The molecule has 0 amide bonds. The van der Waals surface area contributed by atoms with Crippen LogP contribution in [-0.4, -0.2) is 3.42 Å². The molecule has 0 unspecified atom stereocenters. The Labute approximate surface area is 51.4 Å². The molecule has 0 heterocycles. The second-order valence-corrected chi connectivity index (χ2v) is 4.94. The molecule has 0 aromatic carbocycles. The zero-order valence-corrected chi connectivity index (χ0v) is 5.95. The number of fused-ring (bicyclic) bond motifs is 1. The second-order valence-electron chi connectivity index (χ2n) is 2.88. The lowest BCUT2D eigenvalue weighted by molar-refractivity contribution is 0.727. The first-order valence-corrected chi connectivity index (χ1v) is 3.43. The summed E-state index contributed by atoms with van der Waals surface area (Å²) in [6.07, 6.45) is 3.00. The van der Waals surface area contributed by atoms with Crippen molar-refractivity contribution in [3.05, 3.63) is 0 Å². The Morgan fingerprint density at radius 1 is 1.50 bits per heavy atom. The van der Waals surface area contributed by atoms with Crippen LogP contribution >= 0.6 is 22.6 Å². The maximum atomic E-state index is 2.58. The predicted octanol–water partition coefficient (Wildman–Crippen LogP) is 1.97. The van der Waals surface area contributed by atoms with Gasteiger partial charge in [0.2, 0.25) is 0 Å². The Bertz CT molecular complexity index is 88.5. The zero-order valence-electron chi connectivity index (χ0n) is 3.79. The normalized spacial score (nSPS) is 73.0. The minimum Gasteiger partial charge on any atom is -0.0782 e. The highest BCUT2D eigenvalue weighted by Crippen LogP contribution is 2.83. The van der Waals surface area contributed by atoms with E-state index in [4.69, 9.17) is 0 Å². The first-order chi connectivity index (χ1) is 2.66. The van der Waals surface area contributed by atoms with E-state index in [1.54, 1.807) is 0 Å². The summed E-state index contributed by atoms with van der Waals surface area (Å²) in [5.41, 5.74) is 0.841. The third kappa shape index (κ3) is 0.209. The second kappa shape index (κ2) is 0.591. The highest BCUT2D eigenvalue weighted by molar-refractivity contribution is 14.1. The maximum Gasteiger partial charge on any atom is 0.0288 e. The molecule has 0 nitrogen and oxygen atoms in total. The van der Waals surface area contributed by atoms with Gasteiger partial charge in [-0.15, -0.1) is 0 Å². The molecule has 2 saturated carbocycles. The fourth-order valence-corrected chi connectivity index (χ4v) is 2.78. The van der Waals surface area contributed by atoms with Crippen molar-refractivity contribution in [3.63, 3.8) is 0 Å². The first-order valence-electron chi connectivity index (χ1n) is 2.35. The third-order valence-corrected chi connectivity index (χ3v) is 4.24. The van der Waals surface area contributed by atoms with E-state index in [9.17, 15) is 0 Å². The monoisotopic (exact) mass is 194 g/mol. The Balaban J connectivity index is 2.34. The van der Waals surface area contributed by atoms with Gasteiger partial charge in [0.05, 0.1) is 0 Å². The molecule has 2 rings (SSSR count). The van der Waals surface area contributed by atoms with E-state index in [1.165, 1.54) is 12.8 Å². The summed E-state index contributed by atoms with van der Waals surface area (Å²) in [5, 5.41) is 0. The van der Waals surface area contributed by atoms with Crippen molar-refractivity contribution >= 4 is 22.6 Å². The van der Waals surface area contributed by atoms with E-state index in [1.807, 2.05) is 0 Å². The molecule has 2 aliphatic rings. The van der Waals surface area contributed by atoms with E-state index >= 15 is 0 Å². The molecule has 0 atom stereocenters. The van der Waals surface area contributed by atoms with Crippen LogP contribution in [0.1, 0.15) is 19.8 Å². The lowest BCUT2D eigenvalue weighted by Gasteiger charge is -1.81. The standard InChI is InChI=1S/C5H7I/c1-4-2-5(4,6)3-4/h2-3H2,1H3/t4-,5+. The lowest BCUT2D eigenvalue weighted by atomic mass is 10.3. The molecular formula is C5H7I. The van der Waals surface area contributed by atoms with Crippen LogP contribution in [0.4, 0.5) is 0 Å². The Hall–Kier alpha value is 0.730. The average molecular weight is 194 g/mol. The lowest BCUT2D eigenvalue weighted by Crippen LogP contribution is -1.72. The molecule has 2 fully saturated rings. The Morgan fingerprint density at radius 2 is 1.67 bits per heavy atom. The maximum absolute atomic E-state index is 2.58. The minimum absolute atomic E-state index is 0.824. The van der Waals surface area contributed by atoms with Crippen molar-refractivity contribution in [1.29, 1.82) is 0 Å². The first kappa shape index (κ1) is 3.70. The van der Waals surface area contributed by atoms with Gasteiger partial charge in [0.1, 0.15) is 0 Å². The molecule has 6 heavy (non-hydrogen) atoms. The smallest absolute Gasteiger partial charge is 0.0288 e. The van der Waals surface area contributed by atoms with E-state index in [-0.39, 0.29) is 0 Å². The molecule has 0 radical (unpaired) electrons. The van der Waals surface area contributed by atoms with Gasteiger partial charge in [-0.25, -0.2) is 0 Å². The van der Waals surface area contributed by atoms with Crippen LogP contribution in [0, 0.1) is 5.41 Å². The molecule has 0 spiro atoms. The Kier molecular flexibility index (Phi) is 0.364. The number of hydrogen-bond acceptors (Lipinski definition) is 0. The van der Waals surface area contributed by atoms with Crippen molar-refractivity contribution in [2.45, 2.75) is 23.2 Å². The van der Waals surface area contributed by atoms with E-state index in [0.29, 0.717) is 0 Å². The molecule has 2 aliphatic carbocycles. The average Bonchev–Trinajstić information content (AvgIpc) is 1.78. The minimum atomic E-state index is 0.824.